The van der Waals surface area contributed by atoms with Gasteiger partial charge in [0.05, 0.1) is 6.10 Å². The monoisotopic (exact) mass is 287 g/mol. The van der Waals surface area contributed by atoms with E-state index in [1.807, 2.05) is 0 Å². The van der Waals surface area contributed by atoms with Crippen LogP contribution in [0.3, 0.4) is 0 Å². The van der Waals surface area contributed by atoms with Gasteiger partial charge in [0, 0.05) is 0 Å². The first kappa shape index (κ1) is 14.9. The second kappa shape index (κ2) is 6.39. The highest BCUT2D eigenvalue weighted by atomic mass is 16.5. The highest BCUT2D eigenvalue weighted by molar-refractivity contribution is 5.35. The average molecular weight is 287 g/mol. The number of rotatable bonds is 3. The van der Waals surface area contributed by atoms with Gasteiger partial charge in [-0.05, 0) is 81.6 Å². The van der Waals surface area contributed by atoms with Crippen LogP contribution in [0, 0.1) is 5.92 Å². The number of ether oxygens (including phenoxy) is 1. The highest BCUT2D eigenvalue weighted by Gasteiger charge is 2.42. The Bertz CT molecular complexity index is 470. The minimum Gasteiger partial charge on any atom is -0.491 e. The third-order valence-corrected chi connectivity index (χ3v) is 5.35. The van der Waals surface area contributed by atoms with E-state index >= 15 is 0 Å². The van der Waals surface area contributed by atoms with Crippen molar-refractivity contribution in [1.29, 1.82) is 0 Å². The number of fused-ring (bicyclic) bond motifs is 1. The molecule has 21 heavy (non-hydrogen) atoms. The number of hydrogen-bond acceptors (Lipinski definition) is 2. The summed E-state index contributed by atoms with van der Waals surface area (Å²) in [4.78, 5) is 0. The van der Waals surface area contributed by atoms with E-state index < -0.39 is 0 Å². The van der Waals surface area contributed by atoms with Crippen LogP contribution in [-0.2, 0) is 5.41 Å². The SMILES string of the molecule is CC(C)Oc1cccc(C23CCCCC2CNCCC3)c1. The minimum atomic E-state index is 0.246. The molecular formula is C19H29NO. The van der Waals surface area contributed by atoms with Crippen molar-refractivity contribution in [3.05, 3.63) is 29.8 Å². The van der Waals surface area contributed by atoms with Gasteiger partial charge < -0.3 is 10.1 Å². The molecule has 1 N–H and O–H groups in total. The summed E-state index contributed by atoms with van der Waals surface area (Å²) in [6, 6.07) is 8.96. The van der Waals surface area contributed by atoms with E-state index in [-0.39, 0.29) is 6.10 Å². The van der Waals surface area contributed by atoms with Crippen LogP contribution in [0.5, 0.6) is 5.75 Å². The molecule has 0 radical (unpaired) electrons. The normalized spacial score (nSPS) is 29.8. The van der Waals surface area contributed by atoms with Crippen LogP contribution in [0.4, 0.5) is 0 Å². The molecule has 0 spiro atoms. The molecule has 116 valence electrons. The summed E-state index contributed by atoms with van der Waals surface area (Å²) in [5.74, 6) is 1.83. The lowest BCUT2D eigenvalue weighted by Crippen LogP contribution is -2.41. The first-order valence-corrected chi connectivity index (χ1v) is 8.69. The van der Waals surface area contributed by atoms with E-state index in [2.05, 4.69) is 43.4 Å². The summed E-state index contributed by atoms with van der Waals surface area (Å²) in [5, 5.41) is 3.66. The molecule has 1 aromatic carbocycles. The zero-order valence-corrected chi connectivity index (χ0v) is 13.5. The summed E-state index contributed by atoms with van der Waals surface area (Å²) >= 11 is 0. The molecule has 2 unspecified atom stereocenters. The maximum Gasteiger partial charge on any atom is 0.119 e. The van der Waals surface area contributed by atoms with E-state index in [0.717, 1.165) is 11.7 Å². The van der Waals surface area contributed by atoms with E-state index in [1.165, 1.54) is 57.2 Å². The van der Waals surface area contributed by atoms with Crippen LogP contribution in [0.2, 0.25) is 0 Å². The second-order valence-corrected chi connectivity index (χ2v) is 7.10. The van der Waals surface area contributed by atoms with Crippen molar-refractivity contribution in [2.45, 2.75) is 63.9 Å². The quantitative estimate of drug-likeness (QED) is 0.895. The van der Waals surface area contributed by atoms with Gasteiger partial charge in [0.1, 0.15) is 5.75 Å². The summed E-state index contributed by atoms with van der Waals surface area (Å²) in [5.41, 5.74) is 1.91. The molecule has 3 rings (SSSR count). The fraction of sp³-hybridized carbons (Fsp3) is 0.684. The Morgan fingerprint density at radius 3 is 2.90 bits per heavy atom. The Labute approximate surface area is 129 Å². The molecule has 0 bridgehead atoms. The highest BCUT2D eigenvalue weighted by Crippen LogP contribution is 2.48. The van der Waals surface area contributed by atoms with Crippen molar-refractivity contribution in [3.63, 3.8) is 0 Å². The third kappa shape index (κ3) is 3.11. The number of nitrogens with one attached hydrogen (secondary N) is 1. The van der Waals surface area contributed by atoms with E-state index in [4.69, 9.17) is 4.74 Å². The molecule has 1 aliphatic heterocycles. The van der Waals surface area contributed by atoms with Crippen LogP contribution >= 0.6 is 0 Å². The van der Waals surface area contributed by atoms with Crippen LogP contribution in [0.25, 0.3) is 0 Å². The lowest BCUT2D eigenvalue weighted by Gasteiger charge is -2.44. The van der Waals surface area contributed by atoms with Gasteiger partial charge in [-0.3, -0.25) is 0 Å². The molecule has 2 fully saturated rings. The topological polar surface area (TPSA) is 21.3 Å². The van der Waals surface area contributed by atoms with Crippen LogP contribution < -0.4 is 10.1 Å². The van der Waals surface area contributed by atoms with Gasteiger partial charge in [0.25, 0.3) is 0 Å². The fourth-order valence-electron chi connectivity index (χ4n) is 4.42. The molecule has 1 saturated carbocycles. The van der Waals surface area contributed by atoms with Crippen LogP contribution in [0.15, 0.2) is 24.3 Å². The number of hydrogen-bond donors (Lipinski definition) is 1. The maximum atomic E-state index is 5.94. The molecule has 2 nitrogen and oxygen atoms in total. The van der Waals surface area contributed by atoms with Gasteiger partial charge in [0.15, 0.2) is 0 Å². The third-order valence-electron chi connectivity index (χ3n) is 5.35. The minimum absolute atomic E-state index is 0.246. The average Bonchev–Trinajstić information content (AvgIpc) is 2.70. The van der Waals surface area contributed by atoms with Gasteiger partial charge in [-0.25, -0.2) is 0 Å². The zero-order valence-electron chi connectivity index (χ0n) is 13.5. The van der Waals surface area contributed by atoms with Gasteiger partial charge in [0.2, 0.25) is 0 Å². The van der Waals surface area contributed by atoms with Crippen molar-refractivity contribution in [2.24, 2.45) is 5.92 Å². The van der Waals surface area contributed by atoms with E-state index in [9.17, 15) is 0 Å². The maximum absolute atomic E-state index is 5.94. The Hall–Kier alpha value is -1.02. The fourth-order valence-corrected chi connectivity index (χ4v) is 4.42. The van der Waals surface area contributed by atoms with Crippen molar-refractivity contribution in [3.8, 4) is 5.75 Å². The molecule has 2 aliphatic rings. The first-order chi connectivity index (χ1) is 10.2. The second-order valence-electron chi connectivity index (χ2n) is 7.10. The molecule has 2 heteroatoms. The van der Waals surface area contributed by atoms with Gasteiger partial charge >= 0.3 is 0 Å². The van der Waals surface area contributed by atoms with Crippen molar-refractivity contribution >= 4 is 0 Å². The smallest absolute Gasteiger partial charge is 0.119 e. The molecule has 1 aromatic rings. The molecule has 0 aromatic heterocycles. The van der Waals surface area contributed by atoms with Crippen LogP contribution in [-0.4, -0.2) is 19.2 Å². The molecule has 1 heterocycles. The molecular weight excluding hydrogens is 258 g/mol. The Kier molecular flexibility index (Phi) is 4.54. The standard InChI is InChI=1S/C19H29NO/c1-15(2)21-18-9-5-8-16(13-18)19-10-4-3-7-17(19)14-20-12-6-11-19/h5,8-9,13,15,17,20H,3-4,6-7,10-12,14H2,1-2H3. The zero-order chi connectivity index (χ0) is 14.7. The molecule has 1 saturated heterocycles. The molecule has 0 amide bonds. The summed E-state index contributed by atoms with van der Waals surface area (Å²) < 4.78 is 5.94. The summed E-state index contributed by atoms with van der Waals surface area (Å²) in [6.45, 7) is 6.57. The lowest BCUT2D eigenvalue weighted by atomic mass is 9.61. The van der Waals surface area contributed by atoms with Crippen molar-refractivity contribution in [2.75, 3.05) is 13.1 Å². The predicted octanol–water partition coefficient (Wildman–Crippen LogP) is 4.29. The van der Waals surface area contributed by atoms with E-state index in [0.29, 0.717) is 5.41 Å². The Morgan fingerprint density at radius 2 is 2.05 bits per heavy atom. The Balaban J connectivity index is 1.94. The molecule has 2 atom stereocenters. The van der Waals surface area contributed by atoms with Crippen molar-refractivity contribution in [1.82, 2.24) is 5.32 Å². The molecule has 1 aliphatic carbocycles. The summed E-state index contributed by atoms with van der Waals surface area (Å²) in [7, 11) is 0. The Morgan fingerprint density at radius 1 is 1.19 bits per heavy atom. The largest absolute Gasteiger partial charge is 0.491 e. The predicted molar refractivity (Wildman–Crippen MR) is 87.9 cm³/mol. The first-order valence-electron chi connectivity index (χ1n) is 8.69. The van der Waals surface area contributed by atoms with Crippen molar-refractivity contribution < 1.29 is 4.74 Å². The van der Waals surface area contributed by atoms with Gasteiger partial charge in [-0.2, -0.15) is 0 Å². The lowest BCUT2D eigenvalue weighted by molar-refractivity contribution is 0.180. The van der Waals surface area contributed by atoms with E-state index in [1.54, 1.807) is 0 Å². The van der Waals surface area contributed by atoms with Crippen LogP contribution in [0.1, 0.15) is 57.9 Å². The van der Waals surface area contributed by atoms with Gasteiger partial charge in [-0.15, -0.1) is 0 Å². The number of benzene rings is 1. The van der Waals surface area contributed by atoms with Gasteiger partial charge in [-0.1, -0.05) is 25.0 Å². The summed E-state index contributed by atoms with van der Waals surface area (Å²) in [6.07, 6.45) is 8.38.